The Morgan fingerprint density at radius 1 is 1.32 bits per heavy atom. The van der Waals surface area contributed by atoms with Gasteiger partial charge in [0.15, 0.2) is 5.13 Å². The van der Waals surface area contributed by atoms with Gasteiger partial charge < -0.3 is 15.1 Å². The van der Waals surface area contributed by atoms with E-state index >= 15 is 0 Å². The van der Waals surface area contributed by atoms with Gasteiger partial charge in [0.05, 0.1) is 5.69 Å². The molecule has 0 aliphatic rings. The Balaban J connectivity index is 2.44. The third-order valence-electron chi connectivity index (χ3n) is 3.08. The van der Waals surface area contributed by atoms with Gasteiger partial charge in [0, 0.05) is 25.0 Å². The van der Waals surface area contributed by atoms with Gasteiger partial charge in [-0.1, -0.05) is 6.92 Å². The molecular weight excluding hydrogens is 256 g/mol. The second-order valence-corrected chi connectivity index (χ2v) is 6.15. The molecule has 0 bridgehead atoms. The molecule has 0 radical (unpaired) electrons. The van der Waals surface area contributed by atoms with Crippen LogP contribution < -0.4 is 10.2 Å². The monoisotopic (exact) mass is 284 g/mol. The summed E-state index contributed by atoms with van der Waals surface area (Å²) in [6.45, 7) is 7.59. The van der Waals surface area contributed by atoms with Gasteiger partial charge in [-0.2, -0.15) is 0 Å². The second kappa shape index (κ2) is 8.51. The number of thiazole rings is 1. The van der Waals surface area contributed by atoms with Crippen molar-refractivity contribution in [1.29, 1.82) is 0 Å². The minimum atomic E-state index is 0.347. The first-order valence-electron chi connectivity index (χ1n) is 7.09. The summed E-state index contributed by atoms with van der Waals surface area (Å²) < 4.78 is 0. The minimum absolute atomic E-state index is 0.347. The van der Waals surface area contributed by atoms with Crippen molar-refractivity contribution in [1.82, 2.24) is 15.2 Å². The molecule has 0 saturated carbocycles. The summed E-state index contributed by atoms with van der Waals surface area (Å²) >= 11 is 1.74. The summed E-state index contributed by atoms with van der Waals surface area (Å²) in [5.41, 5.74) is 1.16. The highest BCUT2D eigenvalue weighted by Crippen LogP contribution is 2.23. The van der Waals surface area contributed by atoms with Crippen molar-refractivity contribution in [2.24, 2.45) is 0 Å². The van der Waals surface area contributed by atoms with Crippen molar-refractivity contribution in [2.75, 3.05) is 45.7 Å². The number of aromatic nitrogens is 1. The number of hydrogen-bond acceptors (Lipinski definition) is 5. The fourth-order valence-corrected chi connectivity index (χ4v) is 2.75. The fraction of sp³-hybridized carbons (Fsp3) is 0.786. The van der Waals surface area contributed by atoms with Crippen LogP contribution in [0.25, 0.3) is 0 Å². The molecule has 0 aliphatic carbocycles. The van der Waals surface area contributed by atoms with E-state index in [1.54, 1.807) is 11.3 Å². The normalized spacial score (nSPS) is 12.9. The maximum Gasteiger partial charge on any atom is 0.185 e. The summed E-state index contributed by atoms with van der Waals surface area (Å²) in [6, 6.07) is 0.347. The van der Waals surface area contributed by atoms with Crippen molar-refractivity contribution in [2.45, 2.75) is 32.7 Å². The zero-order valence-corrected chi connectivity index (χ0v) is 13.8. The second-order valence-electron chi connectivity index (χ2n) is 5.31. The molecule has 0 fully saturated rings. The summed E-state index contributed by atoms with van der Waals surface area (Å²) in [5, 5.41) is 6.77. The maximum atomic E-state index is 4.73. The number of anilines is 1. The Morgan fingerprint density at radius 2 is 2.05 bits per heavy atom. The lowest BCUT2D eigenvalue weighted by Crippen LogP contribution is -2.23. The van der Waals surface area contributed by atoms with Crippen molar-refractivity contribution >= 4 is 16.5 Å². The Bertz CT molecular complexity index is 351. The Labute approximate surface area is 121 Å². The molecule has 0 saturated heterocycles. The molecule has 1 N–H and O–H groups in total. The van der Waals surface area contributed by atoms with E-state index in [0.29, 0.717) is 6.04 Å². The standard InChI is InChI=1S/C14H28N4S/c1-6-8-15-12(2)13-11-19-14(16-13)18(5)10-7-9-17(3)4/h11-12,15H,6-10H2,1-5H3. The van der Waals surface area contributed by atoms with Crippen LogP contribution in [-0.2, 0) is 0 Å². The zero-order valence-electron chi connectivity index (χ0n) is 12.9. The number of rotatable bonds is 9. The molecule has 5 heteroatoms. The van der Waals surface area contributed by atoms with E-state index in [1.807, 2.05) is 0 Å². The SMILES string of the molecule is CCCNC(C)c1csc(N(C)CCCN(C)C)n1. The Morgan fingerprint density at radius 3 is 2.68 bits per heavy atom. The molecule has 1 rings (SSSR count). The molecule has 1 aromatic heterocycles. The molecule has 1 aromatic rings. The maximum absolute atomic E-state index is 4.73. The summed E-state index contributed by atoms with van der Waals surface area (Å²) in [7, 11) is 6.35. The number of nitrogens with one attached hydrogen (secondary N) is 1. The molecule has 4 nitrogen and oxygen atoms in total. The number of nitrogens with zero attached hydrogens (tertiary/aromatic N) is 3. The first-order chi connectivity index (χ1) is 9.04. The van der Waals surface area contributed by atoms with E-state index in [4.69, 9.17) is 4.98 Å². The van der Waals surface area contributed by atoms with E-state index in [0.717, 1.165) is 36.9 Å². The van der Waals surface area contributed by atoms with Crippen molar-refractivity contribution in [3.63, 3.8) is 0 Å². The van der Waals surface area contributed by atoms with Gasteiger partial charge in [-0.15, -0.1) is 11.3 Å². The van der Waals surface area contributed by atoms with Crippen LogP contribution in [0.15, 0.2) is 5.38 Å². The largest absolute Gasteiger partial charge is 0.351 e. The molecule has 1 unspecified atom stereocenters. The molecule has 0 aromatic carbocycles. The molecule has 1 heterocycles. The summed E-state index contributed by atoms with van der Waals surface area (Å²) in [4.78, 5) is 9.20. The van der Waals surface area contributed by atoms with Gasteiger partial charge in [-0.3, -0.25) is 0 Å². The molecule has 0 aliphatic heterocycles. The van der Waals surface area contributed by atoms with Crippen molar-refractivity contribution in [3.8, 4) is 0 Å². The zero-order chi connectivity index (χ0) is 14.3. The molecule has 110 valence electrons. The molecule has 19 heavy (non-hydrogen) atoms. The van der Waals surface area contributed by atoms with Crippen LogP contribution in [0.4, 0.5) is 5.13 Å². The lowest BCUT2D eigenvalue weighted by Gasteiger charge is -2.17. The molecule has 0 spiro atoms. The van der Waals surface area contributed by atoms with Gasteiger partial charge in [-0.25, -0.2) is 4.98 Å². The first-order valence-corrected chi connectivity index (χ1v) is 7.97. The van der Waals surface area contributed by atoms with E-state index in [2.05, 4.69) is 55.5 Å². The third-order valence-corrected chi connectivity index (χ3v) is 4.05. The number of hydrogen-bond donors (Lipinski definition) is 1. The predicted octanol–water partition coefficient (Wildman–Crippen LogP) is 2.59. The van der Waals surface area contributed by atoms with E-state index in [-0.39, 0.29) is 0 Å². The van der Waals surface area contributed by atoms with E-state index in [9.17, 15) is 0 Å². The van der Waals surface area contributed by atoms with Crippen molar-refractivity contribution < 1.29 is 0 Å². The predicted molar refractivity (Wildman–Crippen MR) is 85.3 cm³/mol. The van der Waals surface area contributed by atoms with Crippen LogP contribution in [0.3, 0.4) is 0 Å². The lowest BCUT2D eigenvalue weighted by molar-refractivity contribution is 0.401. The average Bonchev–Trinajstić information content (AvgIpc) is 2.85. The molecular formula is C14H28N4S. The highest BCUT2D eigenvalue weighted by molar-refractivity contribution is 7.13. The van der Waals surface area contributed by atoms with E-state index in [1.165, 1.54) is 6.42 Å². The van der Waals surface area contributed by atoms with Gasteiger partial charge in [0.2, 0.25) is 0 Å². The molecule has 1 atom stereocenters. The average molecular weight is 284 g/mol. The third kappa shape index (κ3) is 5.89. The van der Waals surface area contributed by atoms with Crippen LogP contribution in [0, 0.1) is 0 Å². The van der Waals surface area contributed by atoms with E-state index < -0.39 is 0 Å². The van der Waals surface area contributed by atoms with Gasteiger partial charge >= 0.3 is 0 Å². The van der Waals surface area contributed by atoms with Crippen LogP contribution in [0.1, 0.15) is 38.4 Å². The van der Waals surface area contributed by atoms with Gasteiger partial charge in [0.25, 0.3) is 0 Å². The lowest BCUT2D eigenvalue weighted by atomic mass is 10.2. The van der Waals surface area contributed by atoms with Gasteiger partial charge in [-0.05, 0) is 47.0 Å². The highest BCUT2D eigenvalue weighted by Gasteiger charge is 2.11. The quantitative estimate of drug-likeness (QED) is 0.755. The fourth-order valence-electron chi connectivity index (χ4n) is 1.84. The minimum Gasteiger partial charge on any atom is -0.351 e. The van der Waals surface area contributed by atoms with Gasteiger partial charge in [0.1, 0.15) is 0 Å². The smallest absolute Gasteiger partial charge is 0.185 e. The van der Waals surface area contributed by atoms with Crippen molar-refractivity contribution in [3.05, 3.63) is 11.1 Å². The summed E-state index contributed by atoms with van der Waals surface area (Å²) in [6.07, 6.45) is 2.33. The highest BCUT2D eigenvalue weighted by atomic mass is 32.1. The van der Waals surface area contributed by atoms with Crippen LogP contribution in [-0.4, -0.2) is 50.7 Å². The topological polar surface area (TPSA) is 31.4 Å². The molecule has 0 amide bonds. The Hall–Kier alpha value is -0.650. The first kappa shape index (κ1) is 16.4. The van der Waals surface area contributed by atoms with Crippen LogP contribution >= 0.6 is 11.3 Å². The summed E-state index contributed by atoms with van der Waals surface area (Å²) in [5.74, 6) is 0. The van der Waals surface area contributed by atoms with Crippen LogP contribution in [0.2, 0.25) is 0 Å². The Kier molecular flexibility index (Phi) is 7.34. The van der Waals surface area contributed by atoms with Crippen LogP contribution in [0.5, 0.6) is 0 Å².